The fraction of sp³-hybridized carbons (Fsp3) is 0.353. The molecule has 4 rings (SSSR count). The Morgan fingerprint density at radius 1 is 1.05 bits per heavy atom. The zero-order chi connectivity index (χ0) is 14.2. The summed E-state index contributed by atoms with van der Waals surface area (Å²) in [5.41, 5.74) is 4.51. The molecule has 2 aromatic heterocycles. The summed E-state index contributed by atoms with van der Waals surface area (Å²) >= 11 is 0. The number of aromatic nitrogens is 4. The summed E-state index contributed by atoms with van der Waals surface area (Å²) in [6.07, 6.45) is 7.21. The van der Waals surface area contributed by atoms with Gasteiger partial charge in [-0.3, -0.25) is 0 Å². The van der Waals surface area contributed by atoms with Crippen molar-refractivity contribution in [2.24, 2.45) is 0 Å². The van der Waals surface area contributed by atoms with Gasteiger partial charge in [-0.05, 0) is 25.7 Å². The highest BCUT2D eigenvalue weighted by Crippen LogP contribution is 2.37. The molecular formula is C17H18N4. The molecule has 0 aliphatic heterocycles. The van der Waals surface area contributed by atoms with E-state index in [2.05, 4.69) is 27.4 Å². The van der Waals surface area contributed by atoms with E-state index in [0.717, 1.165) is 22.6 Å². The summed E-state index contributed by atoms with van der Waals surface area (Å²) in [5.74, 6) is 1.45. The quantitative estimate of drug-likeness (QED) is 0.717. The maximum absolute atomic E-state index is 4.61. The number of fused-ring (bicyclic) bond motifs is 1. The van der Waals surface area contributed by atoms with Gasteiger partial charge < -0.3 is 0 Å². The second-order valence-electron chi connectivity index (χ2n) is 5.82. The van der Waals surface area contributed by atoms with Crippen LogP contribution in [-0.4, -0.2) is 19.8 Å². The molecule has 0 amide bonds. The topological polar surface area (TPSA) is 43.1 Å². The van der Waals surface area contributed by atoms with Crippen molar-refractivity contribution in [1.29, 1.82) is 0 Å². The first-order valence-corrected chi connectivity index (χ1v) is 7.61. The van der Waals surface area contributed by atoms with E-state index >= 15 is 0 Å². The SMILES string of the molecule is Cc1nnc(-c2ccccc2)n2ncc(C3CCCC3)c12. The highest BCUT2D eigenvalue weighted by Gasteiger charge is 2.23. The molecule has 1 fully saturated rings. The van der Waals surface area contributed by atoms with E-state index in [1.807, 2.05) is 35.8 Å². The summed E-state index contributed by atoms with van der Waals surface area (Å²) in [7, 11) is 0. The Kier molecular flexibility index (Phi) is 2.95. The van der Waals surface area contributed by atoms with Crippen LogP contribution < -0.4 is 0 Å². The fourth-order valence-corrected chi connectivity index (χ4v) is 3.40. The van der Waals surface area contributed by atoms with Crippen LogP contribution in [0.5, 0.6) is 0 Å². The van der Waals surface area contributed by atoms with Crippen molar-refractivity contribution in [1.82, 2.24) is 19.8 Å². The van der Waals surface area contributed by atoms with E-state index in [9.17, 15) is 0 Å². The van der Waals surface area contributed by atoms with E-state index in [1.54, 1.807) is 0 Å². The first kappa shape index (κ1) is 12.5. The molecule has 0 unspecified atom stereocenters. The highest BCUT2D eigenvalue weighted by atomic mass is 15.3. The zero-order valence-corrected chi connectivity index (χ0v) is 12.2. The van der Waals surface area contributed by atoms with Gasteiger partial charge in [-0.15, -0.1) is 5.10 Å². The van der Waals surface area contributed by atoms with Gasteiger partial charge in [0.25, 0.3) is 0 Å². The van der Waals surface area contributed by atoms with Crippen LogP contribution in [0.3, 0.4) is 0 Å². The summed E-state index contributed by atoms with van der Waals surface area (Å²) in [6, 6.07) is 10.1. The first-order valence-electron chi connectivity index (χ1n) is 7.61. The lowest BCUT2D eigenvalue weighted by Gasteiger charge is -2.09. The number of aryl methyl sites for hydroxylation is 1. The van der Waals surface area contributed by atoms with Gasteiger partial charge in [0.1, 0.15) is 0 Å². The predicted molar refractivity (Wildman–Crippen MR) is 82.2 cm³/mol. The van der Waals surface area contributed by atoms with E-state index in [4.69, 9.17) is 0 Å². The second kappa shape index (κ2) is 4.95. The minimum Gasteiger partial charge on any atom is -0.211 e. The van der Waals surface area contributed by atoms with Gasteiger partial charge >= 0.3 is 0 Å². The van der Waals surface area contributed by atoms with Crippen LogP contribution in [-0.2, 0) is 0 Å². The third kappa shape index (κ3) is 2.02. The van der Waals surface area contributed by atoms with Gasteiger partial charge in [0.05, 0.1) is 17.4 Å². The Balaban J connectivity index is 1.93. The molecule has 3 aromatic rings. The minimum absolute atomic E-state index is 0.633. The van der Waals surface area contributed by atoms with Crippen molar-refractivity contribution in [3.63, 3.8) is 0 Å². The Labute approximate surface area is 123 Å². The molecule has 1 saturated carbocycles. The van der Waals surface area contributed by atoms with Crippen LogP contribution in [0.2, 0.25) is 0 Å². The smallest absolute Gasteiger partial charge is 0.183 e. The Bertz CT molecular complexity index is 770. The number of hydrogen-bond donors (Lipinski definition) is 0. The van der Waals surface area contributed by atoms with Gasteiger partial charge in [0.2, 0.25) is 0 Å². The van der Waals surface area contributed by atoms with Crippen LogP contribution in [0.4, 0.5) is 0 Å². The minimum atomic E-state index is 0.633. The maximum atomic E-state index is 4.61. The molecule has 4 heteroatoms. The fourth-order valence-electron chi connectivity index (χ4n) is 3.40. The van der Waals surface area contributed by atoms with Crippen molar-refractivity contribution in [3.05, 3.63) is 47.8 Å². The van der Waals surface area contributed by atoms with Gasteiger partial charge in [-0.1, -0.05) is 43.2 Å². The molecule has 21 heavy (non-hydrogen) atoms. The van der Waals surface area contributed by atoms with Crippen molar-refractivity contribution in [2.45, 2.75) is 38.5 Å². The van der Waals surface area contributed by atoms with Crippen LogP contribution in [0.25, 0.3) is 16.9 Å². The molecule has 4 nitrogen and oxygen atoms in total. The van der Waals surface area contributed by atoms with Crippen molar-refractivity contribution in [2.75, 3.05) is 0 Å². The summed E-state index contributed by atoms with van der Waals surface area (Å²) in [6.45, 7) is 2.03. The first-order chi connectivity index (χ1) is 10.3. The largest absolute Gasteiger partial charge is 0.211 e. The third-order valence-electron chi connectivity index (χ3n) is 4.46. The highest BCUT2D eigenvalue weighted by molar-refractivity contribution is 5.65. The lowest BCUT2D eigenvalue weighted by atomic mass is 9.99. The number of nitrogens with zero attached hydrogens (tertiary/aromatic N) is 4. The Morgan fingerprint density at radius 3 is 2.57 bits per heavy atom. The van der Waals surface area contributed by atoms with Crippen molar-refractivity contribution < 1.29 is 0 Å². The molecule has 0 atom stereocenters. The van der Waals surface area contributed by atoms with Crippen LogP contribution >= 0.6 is 0 Å². The lowest BCUT2D eigenvalue weighted by Crippen LogP contribution is -2.03. The number of rotatable bonds is 2. The van der Waals surface area contributed by atoms with Gasteiger partial charge in [-0.2, -0.15) is 10.2 Å². The van der Waals surface area contributed by atoms with E-state index < -0.39 is 0 Å². The summed E-state index contributed by atoms with van der Waals surface area (Å²) in [4.78, 5) is 0. The zero-order valence-electron chi connectivity index (χ0n) is 12.2. The predicted octanol–water partition coefficient (Wildman–Crippen LogP) is 3.76. The van der Waals surface area contributed by atoms with Gasteiger partial charge in [-0.25, -0.2) is 4.52 Å². The van der Waals surface area contributed by atoms with E-state index in [0.29, 0.717) is 5.92 Å². The average molecular weight is 278 g/mol. The lowest BCUT2D eigenvalue weighted by molar-refractivity contribution is 0.727. The molecule has 1 aromatic carbocycles. The molecule has 1 aliphatic rings. The average Bonchev–Trinajstić information content (AvgIpc) is 3.18. The normalized spacial score (nSPS) is 15.9. The standard InChI is InChI=1S/C17H18N4/c1-12-16-15(13-7-5-6-8-13)11-18-21(16)17(20-19-12)14-9-3-2-4-10-14/h2-4,9-11,13H,5-8H2,1H3. The third-order valence-corrected chi connectivity index (χ3v) is 4.46. The second-order valence-corrected chi connectivity index (χ2v) is 5.82. The van der Waals surface area contributed by atoms with E-state index in [1.165, 1.54) is 31.2 Å². The molecule has 0 bridgehead atoms. The molecule has 106 valence electrons. The monoisotopic (exact) mass is 278 g/mol. The van der Waals surface area contributed by atoms with Crippen molar-refractivity contribution >= 4 is 5.52 Å². The van der Waals surface area contributed by atoms with Crippen molar-refractivity contribution in [3.8, 4) is 11.4 Å². The molecule has 2 heterocycles. The molecular weight excluding hydrogens is 260 g/mol. The molecule has 0 radical (unpaired) electrons. The molecule has 0 N–H and O–H groups in total. The van der Waals surface area contributed by atoms with Crippen LogP contribution in [0.1, 0.15) is 42.9 Å². The van der Waals surface area contributed by atoms with Gasteiger partial charge in [0.15, 0.2) is 5.82 Å². The summed E-state index contributed by atoms with van der Waals surface area (Å²) in [5, 5.41) is 13.4. The maximum Gasteiger partial charge on any atom is 0.183 e. The molecule has 0 spiro atoms. The number of benzene rings is 1. The Morgan fingerprint density at radius 2 is 1.81 bits per heavy atom. The van der Waals surface area contributed by atoms with Gasteiger partial charge in [0, 0.05) is 11.1 Å². The van der Waals surface area contributed by atoms with Crippen LogP contribution in [0, 0.1) is 6.92 Å². The van der Waals surface area contributed by atoms with Crippen LogP contribution in [0.15, 0.2) is 36.5 Å². The molecule has 0 saturated heterocycles. The van der Waals surface area contributed by atoms with E-state index in [-0.39, 0.29) is 0 Å². The Hall–Kier alpha value is -2.23. The summed E-state index contributed by atoms with van der Waals surface area (Å²) < 4.78 is 1.96. The number of hydrogen-bond acceptors (Lipinski definition) is 3. The molecule has 1 aliphatic carbocycles.